The highest BCUT2D eigenvalue weighted by molar-refractivity contribution is 8.00. The number of aliphatic carboxylic acids is 1. The second-order valence-electron chi connectivity index (χ2n) is 6.80. The van der Waals surface area contributed by atoms with E-state index >= 15 is 0 Å². The minimum Gasteiger partial charge on any atom is -0.497 e. The van der Waals surface area contributed by atoms with E-state index in [0.29, 0.717) is 11.0 Å². The Hall–Kier alpha value is -3.52. The number of hydrogen-bond acceptors (Lipinski definition) is 6. The maximum absolute atomic E-state index is 11.4. The zero-order valence-electron chi connectivity index (χ0n) is 17.1. The van der Waals surface area contributed by atoms with Gasteiger partial charge >= 0.3 is 5.97 Å². The minimum absolute atomic E-state index is 0.176. The average molecular weight is 436 g/mol. The Morgan fingerprint density at radius 2 is 1.81 bits per heavy atom. The van der Waals surface area contributed by atoms with E-state index in [1.165, 1.54) is 0 Å². The second kappa shape index (κ2) is 9.09. The van der Waals surface area contributed by atoms with Crippen molar-refractivity contribution in [3.05, 3.63) is 72.6 Å². The number of carboxylic acid groups (broad SMARTS) is 1. The molecular formula is C23H21N3O4S. The van der Waals surface area contributed by atoms with E-state index in [9.17, 15) is 9.90 Å². The maximum atomic E-state index is 11.4. The summed E-state index contributed by atoms with van der Waals surface area (Å²) in [4.78, 5) is 11.4. The molecule has 0 aliphatic rings. The number of benzene rings is 3. The van der Waals surface area contributed by atoms with Crippen molar-refractivity contribution in [2.75, 3.05) is 7.11 Å². The molecule has 1 N–H and O–H groups in total. The molecule has 31 heavy (non-hydrogen) atoms. The van der Waals surface area contributed by atoms with E-state index in [1.807, 2.05) is 71.3 Å². The third-order valence-corrected chi connectivity index (χ3v) is 5.80. The number of carboxylic acids is 1. The summed E-state index contributed by atoms with van der Waals surface area (Å²) in [5.74, 6) is 1.12. The molecule has 8 heteroatoms. The van der Waals surface area contributed by atoms with Crippen molar-refractivity contribution >= 4 is 28.5 Å². The largest absolute Gasteiger partial charge is 0.497 e. The van der Waals surface area contributed by atoms with Gasteiger partial charge in [0.05, 0.1) is 7.11 Å². The molecule has 3 aromatic carbocycles. The van der Waals surface area contributed by atoms with Crippen LogP contribution in [0.1, 0.15) is 12.7 Å². The normalized spacial score (nSPS) is 11.9. The highest BCUT2D eigenvalue weighted by atomic mass is 32.2. The molecule has 1 atom stereocenters. The van der Waals surface area contributed by atoms with Crippen molar-refractivity contribution in [3.8, 4) is 17.2 Å². The minimum atomic E-state index is -0.914. The Morgan fingerprint density at radius 3 is 2.55 bits per heavy atom. The first kappa shape index (κ1) is 20.7. The van der Waals surface area contributed by atoms with Crippen LogP contribution in [0.4, 0.5) is 0 Å². The highest BCUT2D eigenvalue weighted by Gasteiger charge is 2.21. The van der Waals surface area contributed by atoms with Crippen molar-refractivity contribution < 1.29 is 19.4 Å². The monoisotopic (exact) mass is 435 g/mol. The molecule has 4 aromatic rings. The standard InChI is InChI=1S/C23H21N3O4S/c1-15(22(27)28)31-23-25-24-21(26(23)17-10-12-18(29-2)13-11-17)14-30-20-9-5-7-16-6-3-4-8-19(16)20/h3-13,15H,14H2,1-2H3,(H,27,28)/t15-/m1/s1. The summed E-state index contributed by atoms with van der Waals surface area (Å²) in [7, 11) is 1.60. The van der Waals surface area contributed by atoms with Gasteiger partial charge in [-0.1, -0.05) is 48.2 Å². The van der Waals surface area contributed by atoms with Gasteiger partial charge in [-0.15, -0.1) is 10.2 Å². The highest BCUT2D eigenvalue weighted by Crippen LogP contribution is 2.29. The molecule has 0 saturated heterocycles. The van der Waals surface area contributed by atoms with Crippen LogP contribution in [0.25, 0.3) is 16.5 Å². The molecule has 158 valence electrons. The first-order valence-electron chi connectivity index (χ1n) is 9.65. The average Bonchev–Trinajstić information content (AvgIpc) is 3.19. The number of rotatable bonds is 8. The molecule has 0 bridgehead atoms. The van der Waals surface area contributed by atoms with Crippen LogP contribution in [-0.4, -0.2) is 38.2 Å². The molecule has 1 aromatic heterocycles. The SMILES string of the molecule is COc1ccc(-n2c(COc3cccc4ccccc34)nnc2S[C@H](C)C(=O)O)cc1. The molecule has 0 radical (unpaired) electrons. The van der Waals surface area contributed by atoms with Crippen LogP contribution in [0.3, 0.4) is 0 Å². The van der Waals surface area contributed by atoms with Gasteiger partial charge in [-0.3, -0.25) is 9.36 Å². The number of methoxy groups -OCH3 is 1. The van der Waals surface area contributed by atoms with Crippen molar-refractivity contribution in [1.29, 1.82) is 0 Å². The lowest BCUT2D eigenvalue weighted by Gasteiger charge is -2.13. The van der Waals surface area contributed by atoms with E-state index in [0.717, 1.165) is 39.7 Å². The zero-order chi connectivity index (χ0) is 21.8. The van der Waals surface area contributed by atoms with Gasteiger partial charge < -0.3 is 14.6 Å². The second-order valence-corrected chi connectivity index (χ2v) is 8.10. The predicted molar refractivity (Wildman–Crippen MR) is 119 cm³/mol. The summed E-state index contributed by atoms with van der Waals surface area (Å²) in [5, 5.41) is 19.7. The molecule has 0 fully saturated rings. The Balaban J connectivity index is 1.67. The number of hydrogen-bond donors (Lipinski definition) is 1. The molecule has 1 heterocycles. The summed E-state index contributed by atoms with van der Waals surface area (Å²) < 4.78 is 13.2. The van der Waals surface area contributed by atoms with Crippen molar-refractivity contribution in [2.24, 2.45) is 0 Å². The first-order valence-corrected chi connectivity index (χ1v) is 10.5. The molecule has 7 nitrogen and oxygen atoms in total. The third kappa shape index (κ3) is 4.49. The van der Waals surface area contributed by atoms with Gasteiger partial charge in [-0.25, -0.2) is 0 Å². The molecule has 0 unspecified atom stereocenters. The van der Waals surface area contributed by atoms with Crippen molar-refractivity contribution in [3.63, 3.8) is 0 Å². The number of thioether (sulfide) groups is 1. The molecule has 0 saturated carbocycles. The fraction of sp³-hybridized carbons (Fsp3) is 0.174. The molecule has 4 rings (SSSR count). The lowest BCUT2D eigenvalue weighted by Crippen LogP contribution is -2.13. The van der Waals surface area contributed by atoms with Gasteiger partial charge in [-0.05, 0) is 42.6 Å². The topological polar surface area (TPSA) is 86.5 Å². The Bertz CT molecular complexity index is 1200. The van der Waals surface area contributed by atoms with Crippen molar-refractivity contribution in [2.45, 2.75) is 23.9 Å². The number of nitrogens with zero attached hydrogens (tertiary/aromatic N) is 3. The summed E-state index contributed by atoms with van der Waals surface area (Å²) in [6.45, 7) is 1.79. The first-order chi connectivity index (χ1) is 15.1. The van der Waals surface area contributed by atoms with Crippen LogP contribution in [-0.2, 0) is 11.4 Å². The van der Waals surface area contributed by atoms with E-state index < -0.39 is 11.2 Å². The van der Waals surface area contributed by atoms with E-state index in [2.05, 4.69) is 10.2 Å². The molecule has 0 aliphatic heterocycles. The molecule has 0 spiro atoms. The molecule has 0 amide bonds. The Labute approximate surface area is 183 Å². The number of carbonyl (C=O) groups is 1. The van der Waals surface area contributed by atoms with Gasteiger partial charge in [0.1, 0.15) is 23.4 Å². The zero-order valence-corrected chi connectivity index (χ0v) is 17.9. The molecular weight excluding hydrogens is 414 g/mol. The lowest BCUT2D eigenvalue weighted by molar-refractivity contribution is -0.136. The van der Waals surface area contributed by atoms with Gasteiger partial charge in [-0.2, -0.15) is 0 Å². The van der Waals surface area contributed by atoms with Gasteiger partial charge in [0, 0.05) is 11.1 Å². The van der Waals surface area contributed by atoms with Crippen LogP contribution < -0.4 is 9.47 Å². The summed E-state index contributed by atoms with van der Waals surface area (Å²) >= 11 is 1.13. The predicted octanol–water partition coefficient (Wildman–Crippen LogP) is 4.57. The number of ether oxygens (including phenoxy) is 2. The third-order valence-electron chi connectivity index (χ3n) is 4.77. The van der Waals surface area contributed by atoms with Crippen LogP contribution in [0.2, 0.25) is 0 Å². The maximum Gasteiger partial charge on any atom is 0.316 e. The van der Waals surface area contributed by atoms with Gasteiger partial charge in [0.15, 0.2) is 11.0 Å². The van der Waals surface area contributed by atoms with Crippen LogP contribution >= 0.6 is 11.8 Å². The lowest BCUT2D eigenvalue weighted by atomic mass is 10.1. The Morgan fingerprint density at radius 1 is 1.06 bits per heavy atom. The van der Waals surface area contributed by atoms with E-state index in [1.54, 1.807) is 14.0 Å². The summed E-state index contributed by atoms with van der Waals surface area (Å²) in [5.41, 5.74) is 0.794. The number of aromatic nitrogens is 3. The summed E-state index contributed by atoms with van der Waals surface area (Å²) in [6, 6.07) is 21.3. The van der Waals surface area contributed by atoms with E-state index in [-0.39, 0.29) is 6.61 Å². The van der Waals surface area contributed by atoms with Crippen LogP contribution in [0.15, 0.2) is 71.9 Å². The smallest absolute Gasteiger partial charge is 0.316 e. The van der Waals surface area contributed by atoms with Crippen molar-refractivity contribution in [1.82, 2.24) is 14.8 Å². The van der Waals surface area contributed by atoms with E-state index in [4.69, 9.17) is 9.47 Å². The number of fused-ring (bicyclic) bond motifs is 1. The quantitative estimate of drug-likeness (QED) is 0.406. The summed E-state index contributed by atoms with van der Waals surface area (Å²) in [6.07, 6.45) is 0. The van der Waals surface area contributed by atoms with Crippen LogP contribution in [0.5, 0.6) is 11.5 Å². The van der Waals surface area contributed by atoms with Gasteiger partial charge in [0.2, 0.25) is 0 Å². The fourth-order valence-electron chi connectivity index (χ4n) is 3.13. The molecule has 0 aliphatic carbocycles. The Kier molecular flexibility index (Phi) is 6.08. The van der Waals surface area contributed by atoms with Gasteiger partial charge in [0.25, 0.3) is 0 Å². The van der Waals surface area contributed by atoms with Crippen LogP contribution in [0, 0.1) is 0 Å². The fourth-order valence-corrected chi connectivity index (χ4v) is 3.95.